The van der Waals surface area contributed by atoms with Crippen molar-refractivity contribution in [2.24, 2.45) is 0 Å². The first-order valence-corrected chi connectivity index (χ1v) is 8.96. The molecule has 1 aliphatic rings. The van der Waals surface area contributed by atoms with Crippen molar-refractivity contribution in [3.05, 3.63) is 50.1 Å². The average molecular weight is 366 g/mol. The molecule has 1 aliphatic carbocycles. The van der Waals surface area contributed by atoms with Crippen LogP contribution in [0, 0.1) is 0 Å². The van der Waals surface area contributed by atoms with E-state index in [9.17, 15) is 0 Å². The summed E-state index contributed by atoms with van der Waals surface area (Å²) in [6, 6.07) is 11.4. The van der Waals surface area contributed by atoms with Crippen molar-refractivity contribution in [1.82, 2.24) is 5.32 Å². The molecule has 0 amide bonds. The Hall–Kier alpha value is -0.840. The lowest BCUT2D eigenvalue weighted by Gasteiger charge is -2.27. The van der Waals surface area contributed by atoms with E-state index in [0.29, 0.717) is 12.1 Å². The van der Waals surface area contributed by atoms with Crippen molar-refractivity contribution in [3.63, 3.8) is 0 Å². The summed E-state index contributed by atoms with van der Waals surface area (Å²) in [7, 11) is 1.72. The van der Waals surface area contributed by atoms with Crippen LogP contribution >= 0.6 is 27.3 Å². The molecule has 0 saturated heterocycles. The Balaban J connectivity index is 1.77. The third kappa shape index (κ3) is 3.33. The molecule has 1 aromatic carbocycles. The van der Waals surface area contributed by atoms with E-state index in [1.165, 1.54) is 39.1 Å². The largest absolute Gasteiger partial charge is 0.497 e. The Morgan fingerprint density at radius 1 is 1.38 bits per heavy atom. The fourth-order valence-corrected chi connectivity index (χ4v) is 4.82. The van der Waals surface area contributed by atoms with Gasteiger partial charge in [-0.2, -0.15) is 0 Å². The van der Waals surface area contributed by atoms with Crippen LogP contribution in [0.25, 0.3) is 0 Å². The van der Waals surface area contributed by atoms with Gasteiger partial charge in [0.25, 0.3) is 0 Å². The van der Waals surface area contributed by atoms with Gasteiger partial charge in [0.05, 0.1) is 10.9 Å². The Morgan fingerprint density at radius 2 is 2.24 bits per heavy atom. The SMILES string of the molecule is COc1cccc([C@@H](C)NC2CCCc3sc(Br)cc32)c1. The predicted octanol–water partition coefficient (Wildman–Crippen LogP) is 5.25. The predicted molar refractivity (Wildman–Crippen MR) is 92.2 cm³/mol. The van der Waals surface area contributed by atoms with Gasteiger partial charge in [-0.3, -0.25) is 0 Å². The van der Waals surface area contributed by atoms with E-state index < -0.39 is 0 Å². The molecule has 1 aromatic heterocycles. The summed E-state index contributed by atoms with van der Waals surface area (Å²) in [5.41, 5.74) is 2.75. The first-order chi connectivity index (χ1) is 10.2. The van der Waals surface area contributed by atoms with E-state index in [4.69, 9.17) is 4.74 Å². The number of hydrogen-bond donors (Lipinski definition) is 1. The van der Waals surface area contributed by atoms with Crippen LogP contribution in [0.15, 0.2) is 34.1 Å². The van der Waals surface area contributed by atoms with Gasteiger partial charge >= 0.3 is 0 Å². The zero-order valence-corrected chi connectivity index (χ0v) is 14.8. The van der Waals surface area contributed by atoms with Crippen molar-refractivity contribution in [2.45, 2.75) is 38.3 Å². The standard InChI is InChI=1S/C17H20BrNOS/c1-11(12-5-3-6-13(9-12)20-2)19-15-7-4-8-16-14(15)10-17(18)21-16/h3,5-6,9-11,15,19H,4,7-8H2,1-2H3/t11-,15?/m1/s1. The quantitative estimate of drug-likeness (QED) is 0.798. The number of fused-ring (bicyclic) bond motifs is 1. The fraction of sp³-hybridized carbons (Fsp3) is 0.412. The number of hydrogen-bond acceptors (Lipinski definition) is 3. The minimum atomic E-state index is 0.315. The minimum absolute atomic E-state index is 0.315. The van der Waals surface area contributed by atoms with Gasteiger partial charge in [-0.25, -0.2) is 0 Å². The Kier molecular flexibility index (Phi) is 4.67. The van der Waals surface area contributed by atoms with Gasteiger partial charge in [-0.05, 0) is 71.4 Å². The lowest BCUT2D eigenvalue weighted by atomic mass is 9.93. The fourth-order valence-electron chi connectivity index (χ4n) is 3.00. The molecule has 0 bridgehead atoms. The topological polar surface area (TPSA) is 21.3 Å². The number of ether oxygens (including phenoxy) is 1. The zero-order valence-electron chi connectivity index (χ0n) is 12.4. The third-order valence-corrected chi connectivity index (χ3v) is 5.84. The van der Waals surface area contributed by atoms with E-state index in [1.54, 1.807) is 7.11 Å². The number of aryl methyl sites for hydroxylation is 1. The van der Waals surface area contributed by atoms with Gasteiger partial charge in [0, 0.05) is 17.0 Å². The maximum atomic E-state index is 5.32. The van der Waals surface area contributed by atoms with Crippen molar-refractivity contribution in [1.29, 1.82) is 0 Å². The third-order valence-electron chi connectivity index (χ3n) is 4.13. The highest BCUT2D eigenvalue weighted by Gasteiger charge is 2.24. The molecule has 1 heterocycles. The lowest BCUT2D eigenvalue weighted by Crippen LogP contribution is -2.27. The summed E-state index contributed by atoms with van der Waals surface area (Å²) in [5.74, 6) is 0.920. The van der Waals surface area contributed by atoms with Gasteiger partial charge < -0.3 is 10.1 Å². The van der Waals surface area contributed by atoms with Crippen molar-refractivity contribution in [3.8, 4) is 5.75 Å². The molecule has 21 heavy (non-hydrogen) atoms. The van der Waals surface area contributed by atoms with Crippen LogP contribution < -0.4 is 10.1 Å². The molecule has 0 saturated carbocycles. The van der Waals surface area contributed by atoms with Crippen LogP contribution in [0.5, 0.6) is 5.75 Å². The van der Waals surface area contributed by atoms with E-state index in [0.717, 1.165) is 5.75 Å². The van der Waals surface area contributed by atoms with Gasteiger partial charge in [0.1, 0.15) is 5.75 Å². The van der Waals surface area contributed by atoms with Crippen LogP contribution in [0.4, 0.5) is 0 Å². The van der Waals surface area contributed by atoms with Gasteiger partial charge in [-0.15, -0.1) is 11.3 Å². The second kappa shape index (κ2) is 6.51. The van der Waals surface area contributed by atoms with Crippen LogP contribution in [0.2, 0.25) is 0 Å². The summed E-state index contributed by atoms with van der Waals surface area (Å²) in [6.07, 6.45) is 3.70. The molecule has 2 nitrogen and oxygen atoms in total. The summed E-state index contributed by atoms with van der Waals surface area (Å²) in [5, 5.41) is 3.79. The normalized spacial score (nSPS) is 19.1. The Labute approximate surface area is 138 Å². The van der Waals surface area contributed by atoms with Gasteiger partial charge in [-0.1, -0.05) is 12.1 Å². The van der Waals surface area contributed by atoms with E-state index >= 15 is 0 Å². The number of nitrogens with one attached hydrogen (secondary N) is 1. The van der Waals surface area contributed by atoms with Gasteiger partial charge in [0.2, 0.25) is 0 Å². The summed E-state index contributed by atoms with van der Waals surface area (Å²) in [6.45, 7) is 2.23. The number of thiophene rings is 1. The molecule has 1 unspecified atom stereocenters. The highest BCUT2D eigenvalue weighted by molar-refractivity contribution is 9.11. The van der Waals surface area contributed by atoms with E-state index in [1.807, 2.05) is 17.4 Å². The smallest absolute Gasteiger partial charge is 0.119 e. The van der Waals surface area contributed by atoms with Crippen LogP contribution in [-0.2, 0) is 6.42 Å². The first-order valence-electron chi connectivity index (χ1n) is 7.35. The van der Waals surface area contributed by atoms with Crippen LogP contribution in [0.3, 0.4) is 0 Å². The molecule has 2 aromatic rings. The highest BCUT2D eigenvalue weighted by Crippen LogP contribution is 2.39. The molecule has 0 spiro atoms. The lowest BCUT2D eigenvalue weighted by molar-refractivity contribution is 0.405. The van der Waals surface area contributed by atoms with E-state index in [2.05, 4.69) is 52.4 Å². The second-order valence-electron chi connectivity index (χ2n) is 5.54. The monoisotopic (exact) mass is 365 g/mol. The van der Waals surface area contributed by atoms with Crippen molar-refractivity contribution in [2.75, 3.05) is 7.11 Å². The maximum Gasteiger partial charge on any atom is 0.119 e. The average Bonchev–Trinajstić information content (AvgIpc) is 2.88. The molecule has 3 rings (SSSR count). The Morgan fingerprint density at radius 3 is 3.05 bits per heavy atom. The molecular weight excluding hydrogens is 346 g/mol. The molecular formula is C17H20BrNOS. The summed E-state index contributed by atoms with van der Waals surface area (Å²) >= 11 is 5.50. The number of benzene rings is 1. The Bertz CT molecular complexity index is 625. The minimum Gasteiger partial charge on any atom is -0.497 e. The molecule has 2 atom stereocenters. The van der Waals surface area contributed by atoms with E-state index in [-0.39, 0.29) is 0 Å². The van der Waals surface area contributed by atoms with Crippen molar-refractivity contribution >= 4 is 27.3 Å². The molecule has 0 fully saturated rings. The molecule has 4 heteroatoms. The maximum absolute atomic E-state index is 5.32. The highest BCUT2D eigenvalue weighted by atomic mass is 79.9. The molecule has 0 aliphatic heterocycles. The zero-order chi connectivity index (χ0) is 14.8. The molecule has 0 radical (unpaired) electrons. The number of rotatable bonds is 4. The number of methoxy groups -OCH3 is 1. The van der Waals surface area contributed by atoms with Crippen molar-refractivity contribution < 1.29 is 4.74 Å². The first kappa shape index (κ1) is 15.1. The number of halogens is 1. The van der Waals surface area contributed by atoms with Gasteiger partial charge in [0.15, 0.2) is 0 Å². The summed E-state index contributed by atoms with van der Waals surface area (Å²) < 4.78 is 6.57. The van der Waals surface area contributed by atoms with Crippen LogP contribution in [-0.4, -0.2) is 7.11 Å². The molecule has 1 N–H and O–H groups in total. The summed E-state index contributed by atoms with van der Waals surface area (Å²) in [4.78, 5) is 1.53. The molecule has 112 valence electrons. The second-order valence-corrected chi connectivity index (χ2v) is 8.05. The van der Waals surface area contributed by atoms with Crippen LogP contribution in [0.1, 0.15) is 47.9 Å².